The van der Waals surface area contributed by atoms with Crippen LogP contribution in [0.3, 0.4) is 0 Å². The van der Waals surface area contributed by atoms with Gasteiger partial charge in [-0.25, -0.2) is 4.79 Å². The number of hydrogen-bond donors (Lipinski definition) is 16. The molecule has 21 N–H and O–H groups in total. The first-order valence-corrected chi connectivity index (χ1v) is 17.8. The van der Waals surface area contributed by atoms with Crippen LogP contribution in [0.2, 0.25) is 0 Å². The van der Waals surface area contributed by atoms with E-state index in [0.29, 0.717) is 25.8 Å². The lowest BCUT2D eigenvalue weighted by molar-refractivity contribution is -0.292. The molecule has 0 aromatic rings. The molecule has 2 aliphatic rings. The highest BCUT2D eigenvalue weighted by Gasteiger charge is 2.44. The van der Waals surface area contributed by atoms with E-state index >= 15 is 0 Å². The third kappa shape index (κ3) is 22.4. The van der Waals surface area contributed by atoms with Gasteiger partial charge in [-0.3, -0.25) is 29.7 Å². The average Bonchev–Trinajstić information content (AvgIpc) is 3.15. The summed E-state index contributed by atoms with van der Waals surface area (Å²) in [5.74, 6) is -6.41. The number of nitrogens with one attached hydrogen (secondary N) is 1. The third-order valence-electron chi connectivity index (χ3n) is 8.30. The Kier molecular flexibility index (Phi) is 28.6. The molecular weight excluding hydrogens is 788 g/mol. The summed E-state index contributed by atoms with van der Waals surface area (Å²) in [5.41, 5.74) is 25.6. The van der Waals surface area contributed by atoms with Crippen LogP contribution in [-0.4, -0.2) is 187 Å². The molecule has 58 heavy (non-hydrogen) atoms. The molecule has 0 aromatic carbocycles. The maximum atomic E-state index is 10.5. The molecule has 340 valence electrons. The summed E-state index contributed by atoms with van der Waals surface area (Å²) in [6.07, 6.45) is -8.51. The summed E-state index contributed by atoms with van der Waals surface area (Å²) < 4.78 is 20.4. The molecule has 2 fully saturated rings. The van der Waals surface area contributed by atoms with Crippen molar-refractivity contribution in [2.75, 3.05) is 26.4 Å². The van der Waals surface area contributed by atoms with Gasteiger partial charge < -0.3 is 98.3 Å². The quantitative estimate of drug-likeness (QED) is 0.0424. The number of primary amides is 1. The van der Waals surface area contributed by atoms with Crippen LogP contribution in [0.1, 0.15) is 52.9 Å². The van der Waals surface area contributed by atoms with Gasteiger partial charge in [-0.1, -0.05) is 13.8 Å². The molecule has 2 aliphatic heterocycles. The van der Waals surface area contributed by atoms with Gasteiger partial charge in [-0.2, -0.15) is 0 Å². The van der Waals surface area contributed by atoms with E-state index < -0.39 is 128 Å². The second kappa shape index (κ2) is 29.5. The molecule has 0 bridgehead atoms. The largest absolute Gasteiger partial charge is 0.480 e. The SMILES string of the molecule is CC(=O)NCCC[C@H](N)C(=O)O.CC1C(OC[C@H](N)C(=O)O)OC(CO)C(O)C1O.CC1C(O[C@H](N)C(=O)O)OC(CO)C(O)C1O.NC(=O)CCC[C@H](N)C(=O)O. The summed E-state index contributed by atoms with van der Waals surface area (Å²) in [6, 6.07) is -2.90. The zero-order valence-electron chi connectivity index (χ0n) is 32.4. The topological polar surface area (TPSA) is 484 Å². The Morgan fingerprint density at radius 1 is 0.655 bits per heavy atom. The first-order valence-electron chi connectivity index (χ1n) is 17.8. The minimum absolute atomic E-state index is 0.112. The van der Waals surface area contributed by atoms with E-state index in [9.17, 15) is 49.2 Å². The van der Waals surface area contributed by atoms with E-state index in [1.165, 1.54) is 13.8 Å². The number of ether oxygens (including phenoxy) is 4. The van der Waals surface area contributed by atoms with E-state index in [2.05, 4.69) is 5.32 Å². The highest BCUT2D eigenvalue weighted by Crippen LogP contribution is 2.28. The Morgan fingerprint density at radius 2 is 1.07 bits per heavy atom. The molecular formula is C32H62N6O20. The lowest BCUT2D eigenvalue weighted by Gasteiger charge is -2.41. The Balaban J connectivity index is 0. The third-order valence-corrected chi connectivity index (χ3v) is 8.30. The van der Waals surface area contributed by atoms with Crippen LogP contribution >= 0.6 is 0 Å². The van der Waals surface area contributed by atoms with Crippen molar-refractivity contribution in [3.8, 4) is 0 Å². The fourth-order valence-corrected chi connectivity index (χ4v) is 4.59. The van der Waals surface area contributed by atoms with E-state index in [1.54, 1.807) is 6.92 Å². The molecule has 2 heterocycles. The van der Waals surface area contributed by atoms with Gasteiger partial charge in [0.25, 0.3) is 0 Å². The molecule has 0 saturated carbocycles. The predicted molar refractivity (Wildman–Crippen MR) is 194 cm³/mol. The van der Waals surface area contributed by atoms with Crippen molar-refractivity contribution in [3.63, 3.8) is 0 Å². The van der Waals surface area contributed by atoms with Crippen molar-refractivity contribution in [1.29, 1.82) is 0 Å². The van der Waals surface area contributed by atoms with Gasteiger partial charge in [-0.15, -0.1) is 0 Å². The molecule has 2 rings (SSSR count). The maximum absolute atomic E-state index is 10.5. The monoisotopic (exact) mass is 850 g/mol. The molecule has 0 aromatic heterocycles. The number of carbonyl (C=O) groups excluding carboxylic acids is 2. The summed E-state index contributed by atoms with van der Waals surface area (Å²) in [7, 11) is 0. The van der Waals surface area contributed by atoms with Crippen molar-refractivity contribution in [1.82, 2.24) is 5.32 Å². The van der Waals surface area contributed by atoms with Gasteiger partial charge in [-0.05, 0) is 25.7 Å². The normalized spacial score (nSPS) is 28.5. The second-order valence-corrected chi connectivity index (χ2v) is 13.2. The highest BCUT2D eigenvalue weighted by molar-refractivity contribution is 5.75. The van der Waals surface area contributed by atoms with Crippen LogP contribution in [0.5, 0.6) is 0 Å². The van der Waals surface area contributed by atoms with Gasteiger partial charge >= 0.3 is 23.9 Å². The molecule has 26 nitrogen and oxygen atoms in total. The van der Waals surface area contributed by atoms with E-state index in [1.807, 2.05) is 0 Å². The van der Waals surface area contributed by atoms with Crippen molar-refractivity contribution < 1.29 is 98.8 Å². The van der Waals surface area contributed by atoms with Crippen molar-refractivity contribution in [2.24, 2.45) is 40.5 Å². The van der Waals surface area contributed by atoms with E-state index in [4.69, 9.17) is 78.3 Å². The zero-order chi connectivity index (χ0) is 45.4. The van der Waals surface area contributed by atoms with Crippen LogP contribution in [0.25, 0.3) is 0 Å². The van der Waals surface area contributed by atoms with Crippen LogP contribution in [-0.2, 0) is 47.7 Å². The Bertz CT molecular complexity index is 1250. The summed E-state index contributed by atoms with van der Waals surface area (Å²) in [4.78, 5) is 61.9. The number of aliphatic hydroxyl groups is 6. The first-order chi connectivity index (χ1) is 26.8. The summed E-state index contributed by atoms with van der Waals surface area (Å²) >= 11 is 0. The van der Waals surface area contributed by atoms with Gasteiger partial charge in [0.1, 0.15) is 42.5 Å². The van der Waals surface area contributed by atoms with E-state index in [-0.39, 0.29) is 25.4 Å². The zero-order valence-corrected chi connectivity index (χ0v) is 32.4. The Morgan fingerprint density at radius 3 is 1.45 bits per heavy atom. The molecule has 0 spiro atoms. The lowest BCUT2D eigenvalue weighted by Crippen LogP contribution is -2.57. The number of carboxylic acid groups (broad SMARTS) is 4. The number of carbonyl (C=O) groups is 6. The number of nitrogens with two attached hydrogens (primary N) is 5. The lowest BCUT2D eigenvalue weighted by atomic mass is 9.92. The molecule has 2 saturated heterocycles. The molecule has 0 radical (unpaired) electrons. The number of amides is 2. The van der Waals surface area contributed by atoms with E-state index in [0.717, 1.165) is 0 Å². The number of aliphatic carboxylic acids is 4. The summed E-state index contributed by atoms with van der Waals surface area (Å²) in [6.45, 7) is 3.71. The van der Waals surface area contributed by atoms with Gasteiger partial charge in [0, 0.05) is 31.7 Å². The van der Waals surface area contributed by atoms with Crippen molar-refractivity contribution >= 4 is 35.7 Å². The second-order valence-electron chi connectivity index (χ2n) is 13.2. The number of hydrogen-bond acceptors (Lipinski definition) is 20. The number of carboxylic acids is 4. The van der Waals surface area contributed by atoms with Gasteiger partial charge in [0.15, 0.2) is 12.6 Å². The van der Waals surface area contributed by atoms with Crippen LogP contribution < -0.4 is 34.0 Å². The fraction of sp³-hybridized carbons (Fsp3) is 0.812. The Labute approximate surface area is 333 Å². The molecule has 2 amide bonds. The molecule has 10 unspecified atom stereocenters. The van der Waals surface area contributed by atoms with Gasteiger partial charge in [0.2, 0.25) is 18.0 Å². The minimum atomic E-state index is -1.59. The van der Waals surface area contributed by atoms with Gasteiger partial charge in [0.05, 0.1) is 32.0 Å². The highest BCUT2D eigenvalue weighted by atomic mass is 16.7. The molecule has 26 heteroatoms. The number of aliphatic hydroxyl groups excluding tert-OH is 6. The molecule has 14 atom stereocenters. The smallest absolute Gasteiger partial charge is 0.347 e. The maximum Gasteiger partial charge on any atom is 0.347 e. The minimum Gasteiger partial charge on any atom is -0.480 e. The average molecular weight is 851 g/mol. The summed E-state index contributed by atoms with van der Waals surface area (Å²) in [5, 5.41) is 92.8. The van der Waals surface area contributed by atoms with Crippen LogP contribution in [0, 0.1) is 11.8 Å². The van der Waals surface area contributed by atoms with Crippen molar-refractivity contribution in [2.45, 2.75) is 126 Å². The standard InChI is InChI=1S/C10H19NO7.C9H17NO7.C7H14N2O3.C6H12N2O3/c1-4-7(13)8(14)6(2-12)18-10(4)17-3-5(11)9(15)16;1-3-5(12)6(13)4(2-11)16-9(3)17-7(10)8(14)15;1-5(10)9-4-2-3-6(8)7(11)12;7-4(6(10)11)2-1-3-5(8)9/h4-8,10,12-14H,2-3,11H2,1H3,(H,15,16);3-7,9,11-13H,2,10H2,1H3,(H,14,15);6H,2-4,8H2,1H3,(H,9,10)(H,11,12);4H,1-3,7H2,(H2,8,9)(H,10,11)/t4?,5-,6?,7?,8?,10?;3?,4?,5?,6?,7-,9?;6-;4-/m0000/s1. The van der Waals surface area contributed by atoms with Crippen LogP contribution in [0.4, 0.5) is 0 Å². The fourth-order valence-electron chi connectivity index (χ4n) is 4.59. The molecule has 0 aliphatic carbocycles. The van der Waals surface area contributed by atoms with Crippen molar-refractivity contribution in [3.05, 3.63) is 0 Å². The van der Waals surface area contributed by atoms with Crippen LogP contribution in [0.15, 0.2) is 0 Å². The Hall–Kier alpha value is -3.74. The predicted octanol–water partition coefficient (Wildman–Crippen LogP) is -6.69. The first kappa shape index (κ1) is 56.4. The number of rotatable bonds is 19.